The molecule has 1 amide bonds. The summed E-state index contributed by atoms with van der Waals surface area (Å²) in [6.45, 7) is -0.322. The molecule has 0 aliphatic heterocycles. The van der Waals surface area contributed by atoms with Gasteiger partial charge in [-0.2, -0.15) is 0 Å². The average molecular weight is 257 g/mol. The zero-order chi connectivity index (χ0) is 13.7. The molecule has 0 bridgehead atoms. The second-order valence-corrected chi connectivity index (χ2v) is 3.12. The summed E-state index contributed by atoms with van der Waals surface area (Å²) in [6.07, 6.45) is -0.463. The van der Waals surface area contributed by atoms with E-state index in [4.69, 9.17) is 16.7 Å². The SMILES string of the molecule is NNc1ncnc(NCC(O)C(N)=O)c1[N+](=O)[O-]. The lowest BCUT2D eigenvalue weighted by Crippen LogP contribution is -2.34. The fourth-order valence-corrected chi connectivity index (χ4v) is 1.08. The Labute approximate surface area is 100 Å². The highest BCUT2D eigenvalue weighted by Crippen LogP contribution is 2.27. The molecule has 0 aliphatic rings. The molecular formula is C7H11N7O4. The van der Waals surface area contributed by atoms with Crippen LogP contribution >= 0.6 is 0 Å². The van der Waals surface area contributed by atoms with E-state index in [0.29, 0.717) is 0 Å². The Morgan fingerprint density at radius 2 is 2.17 bits per heavy atom. The van der Waals surface area contributed by atoms with Gasteiger partial charge in [0.05, 0.1) is 11.5 Å². The van der Waals surface area contributed by atoms with Gasteiger partial charge in [-0.25, -0.2) is 15.8 Å². The van der Waals surface area contributed by atoms with E-state index in [1.165, 1.54) is 0 Å². The molecule has 1 atom stereocenters. The number of rotatable bonds is 6. The number of nitro groups is 1. The van der Waals surface area contributed by atoms with Gasteiger partial charge in [-0.15, -0.1) is 0 Å². The molecule has 0 saturated carbocycles. The van der Waals surface area contributed by atoms with Crippen LogP contribution < -0.4 is 22.3 Å². The molecule has 1 aromatic heterocycles. The van der Waals surface area contributed by atoms with E-state index in [9.17, 15) is 14.9 Å². The number of carbonyl (C=O) groups excluding carboxylic acids is 1. The Hall–Kier alpha value is -2.53. The van der Waals surface area contributed by atoms with Crippen LogP contribution in [0.15, 0.2) is 6.33 Å². The molecule has 0 radical (unpaired) electrons. The molecule has 1 heterocycles. The van der Waals surface area contributed by atoms with Crippen LogP contribution in [-0.4, -0.2) is 38.6 Å². The van der Waals surface area contributed by atoms with E-state index < -0.39 is 22.6 Å². The highest BCUT2D eigenvalue weighted by atomic mass is 16.6. The summed E-state index contributed by atoms with van der Waals surface area (Å²) in [5.74, 6) is 3.71. The summed E-state index contributed by atoms with van der Waals surface area (Å²) in [6, 6.07) is 0. The number of nitrogens with two attached hydrogens (primary N) is 2. The molecule has 18 heavy (non-hydrogen) atoms. The smallest absolute Gasteiger partial charge is 0.354 e. The van der Waals surface area contributed by atoms with E-state index in [1.54, 1.807) is 0 Å². The number of hydrogen-bond acceptors (Lipinski definition) is 9. The highest BCUT2D eigenvalue weighted by Gasteiger charge is 2.23. The zero-order valence-corrected chi connectivity index (χ0v) is 9.03. The summed E-state index contributed by atoms with van der Waals surface area (Å²) >= 11 is 0. The van der Waals surface area contributed by atoms with Crippen LogP contribution in [-0.2, 0) is 4.79 Å². The van der Waals surface area contributed by atoms with Crippen LogP contribution in [0.4, 0.5) is 17.3 Å². The zero-order valence-electron chi connectivity index (χ0n) is 9.03. The van der Waals surface area contributed by atoms with Crippen molar-refractivity contribution < 1.29 is 14.8 Å². The van der Waals surface area contributed by atoms with Crippen molar-refractivity contribution >= 4 is 23.2 Å². The summed E-state index contributed by atoms with van der Waals surface area (Å²) in [7, 11) is 0. The number of nitrogen functional groups attached to an aromatic ring is 1. The predicted molar refractivity (Wildman–Crippen MR) is 60.2 cm³/mol. The first kappa shape index (κ1) is 13.5. The Kier molecular flexibility index (Phi) is 4.28. The maximum atomic E-state index is 10.8. The first-order valence-electron chi connectivity index (χ1n) is 4.64. The average Bonchev–Trinajstić information content (AvgIpc) is 2.34. The number of aliphatic hydroxyl groups is 1. The van der Waals surface area contributed by atoms with Crippen molar-refractivity contribution in [3.8, 4) is 0 Å². The van der Waals surface area contributed by atoms with Crippen LogP contribution in [0.2, 0.25) is 0 Å². The summed E-state index contributed by atoms with van der Waals surface area (Å²) in [5, 5.41) is 22.4. The topological polar surface area (TPSA) is 182 Å². The number of amides is 1. The van der Waals surface area contributed by atoms with Gasteiger partial charge in [0.15, 0.2) is 0 Å². The number of hydrazine groups is 1. The summed E-state index contributed by atoms with van der Waals surface area (Å²) in [4.78, 5) is 27.8. The summed E-state index contributed by atoms with van der Waals surface area (Å²) in [5.41, 5.74) is 6.36. The molecule has 1 aromatic rings. The third-order valence-electron chi connectivity index (χ3n) is 1.93. The van der Waals surface area contributed by atoms with Crippen molar-refractivity contribution in [3.63, 3.8) is 0 Å². The van der Waals surface area contributed by atoms with Crippen LogP contribution in [0.1, 0.15) is 0 Å². The Morgan fingerprint density at radius 3 is 2.67 bits per heavy atom. The molecule has 0 aromatic carbocycles. The monoisotopic (exact) mass is 257 g/mol. The van der Waals surface area contributed by atoms with Gasteiger partial charge >= 0.3 is 5.69 Å². The number of aliphatic hydroxyl groups excluding tert-OH is 1. The predicted octanol–water partition coefficient (Wildman–Crippen LogP) is -2.07. The largest absolute Gasteiger partial charge is 0.381 e. The third-order valence-corrected chi connectivity index (χ3v) is 1.93. The second-order valence-electron chi connectivity index (χ2n) is 3.12. The minimum Gasteiger partial charge on any atom is -0.381 e. The molecule has 7 N–H and O–H groups in total. The van der Waals surface area contributed by atoms with Gasteiger partial charge in [0.25, 0.3) is 0 Å². The van der Waals surface area contributed by atoms with Gasteiger partial charge in [-0.1, -0.05) is 0 Å². The molecule has 11 heteroatoms. The van der Waals surface area contributed by atoms with Gasteiger partial charge in [0.2, 0.25) is 17.5 Å². The van der Waals surface area contributed by atoms with E-state index in [2.05, 4.69) is 15.3 Å². The number of anilines is 2. The van der Waals surface area contributed by atoms with E-state index in [-0.39, 0.29) is 18.2 Å². The molecule has 0 saturated heterocycles. The number of carbonyl (C=O) groups is 1. The second kappa shape index (κ2) is 5.70. The first-order valence-corrected chi connectivity index (χ1v) is 4.64. The van der Waals surface area contributed by atoms with Gasteiger partial charge in [-0.05, 0) is 0 Å². The molecular weight excluding hydrogens is 246 g/mol. The lowest BCUT2D eigenvalue weighted by Gasteiger charge is -2.10. The molecule has 0 spiro atoms. The molecule has 0 aliphatic carbocycles. The fourth-order valence-electron chi connectivity index (χ4n) is 1.08. The number of hydrogen-bond donors (Lipinski definition) is 5. The van der Waals surface area contributed by atoms with Crippen molar-refractivity contribution in [3.05, 3.63) is 16.4 Å². The van der Waals surface area contributed by atoms with E-state index in [1.807, 2.05) is 5.43 Å². The maximum absolute atomic E-state index is 10.8. The van der Waals surface area contributed by atoms with Crippen molar-refractivity contribution in [1.82, 2.24) is 9.97 Å². The lowest BCUT2D eigenvalue weighted by molar-refractivity contribution is -0.383. The maximum Gasteiger partial charge on any atom is 0.354 e. The van der Waals surface area contributed by atoms with Crippen LogP contribution in [0.3, 0.4) is 0 Å². The van der Waals surface area contributed by atoms with Crippen molar-refractivity contribution in [1.29, 1.82) is 0 Å². The number of nitrogens with zero attached hydrogens (tertiary/aromatic N) is 3. The van der Waals surface area contributed by atoms with Crippen molar-refractivity contribution in [2.24, 2.45) is 11.6 Å². The number of primary amides is 1. The van der Waals surface area contributed by atoms with Gasteiger partial charge < -0.3 is 21.6 Å². The van der Waals surface area contributed by atoms with Crippen LogP contribution in [0, 0.1) is 10.1 Å². The van der Waals surface area contributed by atoms with E-state index in [0.717, 1.165) is 6.33 Å². The lowest BCUT2D eigenvalue weighted by atomic mass is 10.3. The van der Waals surface area contributed by atoms with Crippen molar-refractivity contribution in [2.45, 2.75) is 6.10 Å². The molecule has 1 rings (SSSR count). The normalized spacial score (nSPS) is 11.7. The van der Waals surface area contributed by atoms with Gasteiger partial charge in [0, 0.05) is 0 Å². The Morgan fingerprint density at radius 1 is 1.56 bits per heavy atom. The van der Waals surface area contributed by atoms with Crippen molar-refractivity contribution in [2.75, 3.05) is 17.3 Å². The molecule has 98 valence electrons. The Bertz CT molecular complexity index is 465. The minimum absolute atomic E-state index is 0.191. The van der Waals surface area contributed by atoms with Gasteiger partial charge in [0.1, 0.15) is 12.4 Å². The Balaban J connectivity index is 2.95. The van der Waals surface area contributed by atoms with E-state index >= 15 is 0 Å². The quantitative estimate of drug-likeness (QED) is 0.217. The number of nitrogens with one attached hydrogen (secondary N) is 2. The summed E-state index contributed by atoms with van der Waals surface area (Å²) < 4.78 is 0. The fraction of sp³-hybridized carbons (Fsp3) is 0.286. The third kappa shape index (κ3) is 2.99. The molecule has 11 nitrogen and oxygen atoms in total. The first-order chi connectivity index (χ1) is 8.47. The van der Waals surface area contributed by atoms with Crippen LogP contribution in [0.5, 0.6) is 0 Å². The highest BCUT2D eigenvalue weighted by molar-refractivity contribution is 5.79. The van der Waals surface area contributed by atoms with Crippen LogP contribution in [0.25, 0.3) is 0 Å². The molecule has 0 fully saturated rings. The van der Waals surface area contributed by atoms with Gasteiger partial charge in [-0.3, -0.25) is 14.9 Å². The standard InChI is InChI=1S/C7H11N7O4/c8-5(16)3(15)1-10-6-4(14(17)18)7(13-9)12-2-11-6/h2-3,15H,1,9H2,(H2,8,16)(H2,10,11,12,13). The minimum atomic E-state index is -1.49. The number of aromatic nitrogens is 2. The molecule has 1 unspecified atom stereocenters.